The second kappa shape index (κ2) is 5.25. The average Bonchev–Trinajstić information content (AvgIpc) is 2.38. The molecule has 1 saturated carbocycles. The van der Waals surface area contributed by atoms with Crippen molar-refractivity contribution < 1.29 is 20.0 Å². The number of carboxylic acid groups (broad SMARTS) is 1. The predicted molar refractivity (Wildman–Crippen MR) is 71.6 cm³/mol. The van der Waals surface area contributed by atoms with Crippen molar-refractivity contribution in [3.8, 4) is 0 Å². The molecule has 19 heavy (non-hydrogen) atoms. The lowest BCUT2D eigenvalue weighted by Gasteiger charge is -2.44. The fraction of sp³-hybridized carbons (Fsp3) is 0.800. The number of carboxylic acids is 1. The quantitative estimate of drug-likeness (QED) is 0.468. The van der Waals surface area contributed by atoms with E-state index in [-0.39, 0.29) is 11.8 Å². The summed E-state index contributed by atoms with van der Waals surface area (Å²) in [5.41, 5.74) is 0.538. The Labute approximate surface area is 114 Å². The van der Waals surface area contributed by atoms with Gasteiger partial charge in [-0.25, -0.2) is 4.89 Å². The minimum atomic E-state index is -0.739. The molecule has 1 fully saturated rings. The summed E-state index contributed by atoms with van der Waals surface area (Å²) < 4.78 is 0. The van der Waals surface area contributed by atoms with Crippen molar-refractivity contribution in [2.75, 3.05) is 0 Å². The largest absolute Gasteiger partial charge is 0.481 e. The number of hydrogen-bond donors (Lipinski definition) is 2. The molecule has 5 atom stereocenters. The molecule has 4 nitrogen and oxygen atoms in total. The highest BCUT2D eigenvalue weighted by Gasteiger charge is 2.42. The van der Waals surface area contributed by atoms with Gasteiger partial charge in [0.25, 0.3) is 0 Å². The molecule has 0 radical (unpaired) electrons. The van der Waals surface area contributed by atoms with E-state index in [0.717, 1.165) is 25.7 Å². The van der Waals surface area contributed by atoms with E-state index in [1.165, 1.54) is 5.57 Å². The molecule has 2 aliphatic rings. The first-order valence-electron chi connectivity index (χ1n) is 7.16. The predicted octanol–water partition coefficient (Wildman–Crippen LogP) is 3.34. The number of hydrogen-bond acceptors (Lipinski definition) is 3. The molecular weight excluding hydrogens is 244 g/mol. The van der Waals surface area contributed by atoms with Crippen LogP contribution in [0.3, 0.4) is 0 Å². The number of aliphatic carboxylic acids is 1. The van der Waals surface area contributed by atoms with Gasteiger partial charge in [0.1, 0.15) is 5.60 Å². The third kappa shape index (κ3) is 2.70. The monoisotopic (exact) mass is 268 g/mol. The SMILES string of the molecule is CC1CCC(C(C)C(=O)O)C2=CC(C)(OO)CCC21. The van der Waals surface area contributed by atoms with Crippen molar-refractivity contribution >= 4 is 5.97 Å². The lowest BCUT2D eigenvalue weighted by molar-refractivity contribution is -0.306. The van der Waals surface area contributed by atoms with E-state index in [1.54, 1.807) is 6.92 Å². The summed E-state index contributed by atoms with van der Waals surface area (Å²) in [6.45, 7) is 5.88. The van der Waals surface area contributed by atoms with Gasteiger partial charge in [-0.05, 0) is 50.4 Å². The summed E-state index contributed by atoms with van der Waals surface area (Å²) in [6.07, 6.45) is 5.74. The Morgan fingerprint density at radius 2 is 2.16 bits per heavy atom. The van der Waals surface area contributed by atoms with Crippen LogP contribution in [0, 0.1) is 23.7 Å². The van der Waals surface area contributed by atoms with Gasteiger partial charge in [0.05, 0.1) is 5.92 Å². The van der Waals surface area contributed by atoms with Crippen LogP contribution in [0.1, 0.15) is 46.5 Å². The highest BCUT2D eigenvalue weighted by molar-refractivity contribution is 5.70. The molecule has 2 aliphatic carbocycles. The van der Waals surface area contributed by atoms with Gasteiger partial charge in [0.2, 0.25) is 0 Å². The van der Waals surface area contributed by atoms with Gasteiger partial charge in [-0.2, -0.15) is 0 Å². The first kappa shape index (κ1) is 14.5. The summed E-state index contributed by atoms with van der Waals surface area (Å²) in [7, 11) is 0. The summed E-state index contributed by atoms with van der Waals surface area (Å²) in [5.74, 6) is 0.00248. The van der Waals surface area contributed by atoms with Crippen LogP contribution in [0.2, 0.25) is 0 Å². The second-order valence-corrected chi connectivity index (χ2v) is 6.48. The third-order valence-electron chi connectivity index (χ3n) is 5.10. The van der Waals surface area contributed by atoms with Crippen LogP contribution >= 0.6 is 0 Å². The lowest BCUT2D eigenvalue weighted by atomic mass is 9.62. The highest BCUT2D eigenvalue weighted by Crippen LogP contribution is 2.48. The van der Waals surface area contributed by atoms with E-state index >= 15 is 0 Å². The molecule has 0 aromatic rings. The zero-order valence-electron chi connectivity index (χ0n) is 11.9. The normalized spacial score (nSPS) is 40.2. The van der Waals surface area contributed by atoms with Crippen molar-refractivity contribution in [2.45, 2.75) is 52.1 Å². The van der Waals surface area contributed by atoms with Crippen molar-refractivity contribution in [1.82, 2.24) is 0 Å². The highest BCUT2D eigenvalue weighted by atomic mass is 17.1. The zero-order valence-corrected chi connectivity index (χ0v) is 11.9. The number of rotatable bonds is 3. The van der Waals surface area contributed by atoms with Crippen LogP contribution in [0.5, 0.6) is 0 Å². The molecule has 0 amide bonds. The molecule has 0 aliphatic heterocycles. The third-order valence-corrected chi connectivity index (χ3v) is 5.10. The Kier molecular flexibility index (Phi) is 4.02. The lowest BCUT2D eigenvalue weighted by Crippen LogP contribution is -2.39. The van der Waals surface area contributed by atoms with E-state index in [9.17, 15) is 9.90 Å². The molecule has 108 valence electrons. The molecule has 4 heteroatoms. The first-order valence-corrected chi connectivity index (χ1v) is 7.16. The van der Waals surface area contributed by atoms with Gasteiger partial charge in [0, 0.05) is 0 Å². The standard InChI is InChI=1S/C15H24O4/c1-9-4-5-12(10(2)14(16)17)13-8-15(3,19-18)7-6-11(9)13/h8-12,18H,4-7H2,1-3H3,(H,16,17). The first-order chi connectivity index (χ1) is 8.88. The van der Waals surface area contributed by atoms with E-state index in [1.807, 2.05) is 13.0 Å². The fourth-order valence-corrected chi connectivity index (χ4v) is 3.73. The average molecular weight is 268 g/mol. The fourth-order valence-electron chi connectivity index (χ4n) is 3.73. The topological polar surface area (TPSA) is 66.8 Å². The Morgan fingerprint density at radius 3 is 2.74 bits per heavy atom. The van der Waals surface area contributed by atoms with E-state index in [2.05, 4.69) is 11.8 Å². The van der Waals surface area contributed by atoms with E-state index < -0.39 is 11.6 Å². The molecule has 0 bridgehead atoms. The smallest absolute Gasteiger partial charge is 0.306 e. The Hall–Kier alpha value is -0.870. The molecule has 2 N–H and O–H groups in total. The van der Waals surface area contributed by atoms with Crippen LogP contribution < -0.4 is 0 Å². The number of fused-ring (bicyclic) bond motifs is 1. The summed E-state index contributed by atoms with van der Waals surface area (Å²) >= 11 is 0. The molecule has 5 unspecified atom stereocenters. The minimum Gasteiger partial charge on any atom is -0.481 e. The Balaban J connectivity index is 2.33. The molecule has 2 rings (SSSR count). The second-order valence-electron chi connectivity index (χ2n) is 6.48. The van der Waals surface area contributed by atoms with Gasteiger partial charge in [-0.3, -0.25) is 10.1 Å². The molecule has 0 aromatic carbocycles. The Bertz CT molecular complexity index is 390. The van der Waals surface area contributed by atoms with Crippen molar-refractivity contribution in [2.24, 2.45) is 23.7 Å². The molecule has 0 heterocycles. The van der Waals surface area contributed by atoms with Gasteiger partial charge in [-0.15, -0.1) is 0 Å². The number of carbonyl (C=O) groups is 1. The van der Waals surface area contributed by atoms with Crippen LogP contribution in [0.25, 0.3) is 0 Å². The summed E-state index contributed by atoms with van der Waals surface area (Å²) in [4.78, 5) is 15.9. The van der Waals surface area contributed by atoms with Crippen molar-refractivity contribution in [3.05, 3.63) is 11.6 Å². The maximum atomic E-state index is 11.3. The van der Waals surface area contributed by atoms with Crippen LogP contribution in [-0.4, -0.2) is 21.9 Å². The Morgan fingerprint density at radius 1 is 1.47 bits per heavy atom. The van der Waals surface area contributed by atoms with E-state index in [0.29, 0.717) is 11.8 Å². The van der Waals surface area contributed by atoms with Crippen LogP contribution in [0.15, 0.2) is 11.6 Å². The molecular formula is C15H24O4. The molecule has 0 spiro atoms. The van der Waals surface area contributed by atoms with Crippen LogP contribution in [0.4, 0.5) is 0 Å². The van der Waals surface area contributed by atoms with Crippen molar-refractivity contribution in [1.29, 1.82) is 0 Å². The van der Waals surface area contributed by atoms with Crippen molar-refractivity contribution in [3.63, 3.8) is 0 Å². The maximum Gasteiger partial charge on any atom is 0.306 e. The van der Waals surface area contributed by atoms with Crippen LogP contribution in [-0.2, 0) is 9.68 Å². The maximum absolute atomic E-state index is 11.3. The van der Waals surface area contributed by atoms with Gasteiger partial charge in [-0.1, -0.05) is 25.5 Å². The van der Waals surface area contributed by atoms with Gasteiger partial charge in [0.15, 0.2) is 0 Å². The molecule has 0 saturated heterocycles. The zero-order chi connectivity index (χ0) is 14.2. The van der Waals surface area contributed by atoms with E-state index in [4.69, 9.17) is 5.26 Å². The number of allylic oxidation sites excluding steroid dienone is 1. The van der Waals surface area contributed by atoms with Gasteiger partial charge >= 0.3 is 5.97 Å². The minimum absolute atomic E-state index is 0.0773. The van der Waals surface area contributed by atoms with Gasteiger partial charge < -0.3 is 5.11 Å². The molecule has 0 aromatic heterocycles. The summed E-state index contributed by atoms with van der Waals surface area (Å²) in [6, 6.07) is 0. The summed E-state index contributed by atoms with van der Waals surface area (Å²) in [5, 5.41) is 18.3.